The van der Waals surface area contributed by atoms with Crippen molar-refractivity contribution in [3.8, 4) is 0 Å². The van der Waals surface area contributed by atoms with Crippen LogP contribution in [-0.2, 0) is 6.54 Å². The number of hydrogen-bond acceptors (Lipinski definition) is 3. The fraction of sp³-hybridized carbons (Fsp3) is 0.667. The maximum absolute atomic E-state index is 6.40. The minimum atomic E-state index is 0.782. The number of hydrogen-bond donors (Lipinski definition) is 1. The maximum Gasteiger partial charge on any atom is 0.147 e. The summed E-state index contributed by atoms with van der Waals surface area (Å²) in [6.45, 7) is 8.37. The number of nitrogens with one attached hydrogen (secondary N) is 1. The summed E-state index contributed by atoms with van der Waals surface area (Å²) in [7, 11) is 0. The second-order valence-electron chi connectivity index (χ2n) is 5.45. The van der Waals surface area contributed by atoms with E-state index in [0.717, 1.165) is 48.5 Å². The molecule has 1 atom stereocenters. The molecule has 1 N–H and O–H groups in total. The Balaban J connectivity index is 2.07. The molecule has 2 rings (SSSR count). The molecule has 3 nitrogen and oxygen atoms in total. The van der Waals surface area contributed by atoms with Gasteiger partial charge in [-0.3, -0.25) is 0 Å². The van der Waals surface area contributed by atoms with Crippen molar-refractivity contribution in [1.82, 2.24) is 10.3 Å². The average Bonchev–Trinajstić information content (AvgIpc) is 2.61. The van der Waals surface area contributed by atoms with Crippen molar-refractivity contribution >= 4 is 17.4 Å². The van der Waals surface area contributed by atoms with Crippen molar-refractivity contribution in [2.24, 2.45) is 5.92 Å². The number of nitrogens with zero attached hydrogens (tertiary/aromatic N) is 2. The fourth-order valence-corrected chi connectivity index (χ4v) is 2.85. The average molecular weight is 282 g/mol. The first kappa shape index (κ1) is 14.6. The molecule has 1 aliphatic rings. The molecule has 1 aromatic rings. The van der Waals surface area contributed by atoms with Crippen molar-refractivity contribution in [3.05, 3.63) is 22.8 Å². The van der Waals surface area contributed by atoms with E-state index >= 15 is 0 Å². The van der Waals surface area contributed by atoms with Gasteiger partial charge in [0.2, 0.25) is 0 Å². The van der Waals surface area contributed by atoms with Gasteiger partial charge in [-0.1, -0.05) is 25.4 Å². The molecule has 0 aromatic carbocycles. The molecule has 1 aliphatic heterocycles. The van der Waals surface area contributed by atoms with Crippen LogP contribution in [0, 0.1) is 5.92 Å². The predicted molar refractivity (Wildman–Crippen MR) is 81.9 cm³/mol. The van der Waals surface area contributed by atoms with Crippen LogP contribution in [-0.4, -0.2) is 24.6 Å². The van der Waals surface area contributed by atoms with Gasteiger partial charge in [0.1, 0.15) is 5.82 Å². The van der Waals surface area contributed by atoms with Gasteiger partial charge >= 0.3 is 0 Å². The topological polar surface area (TPSA) is 28.2 Å². The van der Waals surface area contributed by atoms with Crippen molar-refractivity contribution in [1.29, 1.82) is 0 Å². The van der Waals surface area contributed by atoms with Gasteiger partial charge in [-0.15, -0.1) is 0 Å². The van der Waals surface area contributed by atoms with E-state index in [9.17, 15) is 0 Å². The Morgan fingerprint density at radius 3 is 3.00 bits per heavy atom. The van der Waals surface area contributed by atoms with Crippen molar-refractivity contribution < 1.29 is 0 Å². The molecule has 0 bridgehead atoms. The summed E-state index contributed by atoms with van der Waals surface area (Å²) >= 11 is 6.40. The summed E-state index contributed by atoms with van der Waals surface area (Å²) in [6, 6.07) is 2.04. The van der Waals surface area contributed by atoms with E-state index < -0.39 is 0 Å². The molecule has 0 spiro atoms. The molecule has 1 unspecified atom stereocenters. The van der Waals surface area contributed by atoms with E-state index in [2.05, 4.69) is 29.0 Å². The van der Waals surface area contributed by atoms with Gasteiger partial charge in [0.05, 0.1) is 5.02 Å². The highest BCUT2D eigenvalue weighted by atomic mass is 35.5. The summed E-state index contributed by atoms with van der Waals surface area (Å²) in [5.41, 5.74) is 1.15. The first-order chi connectivity index (χ1) is 9.20. The molecule has 2 heterocycles. The van der Waals surface area contributed by atoms with Crippen LogP contribution in [0.2, 0.25) is 5.02 Å². The van der Waals surface area contributed by atoms with E-state index in [1.54, 1.807) is 0 Å². The third-order valence-electron chi connectivity index (χ3n) is 3.77. The lowest BCUT2D eigenvalue weighted by Crippen LogP contribution is -2.25. The zero-order valence-corrected chi connectivity index (χ0v) is 12.7. The molecule has 0 radical (unpaired) electrons. The number of pyridine rings is 1. The van der Waals surface area contributed by atoms with Crippen molar-refractivity contribution in [2.75, 3.05) is 24.5 Å². The normalized spacial score (nSPS) is 20.4. The molecule has 1 saturated heterocycles. The van der Waals surface area contributed by atoms with Gasteiger partial charge in [-0.25, -0.2) is 4.98 Å². The standard InChI is InChI=1S/C15H24ClN3/c1-3-17-10-13-9-14(16)15(18-11-13)19-7-4-5-12(2)6-8-19/h9,11-12,17H,3-8,10H2,1-2H3. The SMILES string of the molecule is CCNCc1cnc(N2CCCC(C)CC2)c(Cl)c1. The summed E-state index contributed by atoms with van der Waals surface area (Å²) in [5.74, 6) is 1.77. The first-order valence-corrected chi connectivity index (χ1v) is 7.68. The Morgan fingerprint density at radius 2 is 2.26 bits per heavy atom. The van der Waals surface area contributed by atoms with Crippen LogP contribution in [0.3, 0.4) is 0 Å². The summed E-state index contributed by atoms with van der Waals surface area (Å²) < 4.78 is 0. The van der Waals surface area contributed by atoms with E-state index in [0.29, 0.717) is 0 Å². The smallest absolute Gasteiger partial charge is 0.147 e. The van der Waals surface area contributed by atoms with Crippen LogP contribution in [0.15, 0.2) is 12.3 Å². The van der Waals surface area contributed by atoms with Crippen LogP contribution in [0.4, 0.5) is 5.82 Å². The second kappa shape index (κ2) is 7.11. The van der Waals surface area contributed by atoms with E-state index in [4.69, 9.17) is 11.6 Å². The fourth-order valence-electron chi connectivity index (χ4n) is 2.54. The zero-order valence-electron chi connectivity index (χ0n) is 12.0. The minimum absolute atomic E-state index is 0.782. The van der Waals surface area contributed by atoms with Gasteiger partial charge in [0.25, 0.3) is 0 Å². The molecule has 0 aliphatic carbocycles. The Morgan fingerprint density at radius 1 is 1.42 bits per heavy atom. The third-order valence-corrected chi connectivity index (χ3v) is 4.05. The van der Waals surface area contributed by atoms with Crippen LogP contribution in [0.1, 0.15) is 38.7 Å². The lowest BCUT2D eigenvalue weighted by atomic mass is 10.0. The summed E-state index contributed by atoms with van der Waals surface area (Å²) in [4.78, 5) is 6.91. The highest BCUT2D eigenvalue weighted by Gasteiger charge is 2.17. The van der Waals surface area contributed by atoms with Gasteiger partial charge < -0.3 is 10.2 Å². The predicted octanol–water partition coefficient (Wildman–Crippen LogP) is 3.47. The van der Waals surface area contributed by atoms with E-state index in [1.807, 2.05) is 12.3 Å². The molecule has 19 heavy (non-hydrogen) atoms. The molecular weight excluding hydrogens is 258 g/mol. The van der Waals surface area contributed by atoms with Gasteiger partial charge in [-0.05, 0) is 43.4 Å². The molecule has 106 valence electrons. The van der Waals surface area contributed by atoms with Crippen LogP contribution < -0.4 is 10.2 Å². The summed E-state index contributed by atoms with van der Waals surface area (Å²) in [6.07, 6.45) is 5.72. The monoisotopic (exact) mass is 281 g/mol. The Labute approximate surface area is 121 Å². The van der Waals surface area contributed by atoms with Gasteiger partial charge in [0.15, 0.2) is 0 Å². The van der Waals surface area contributed by atoms with Crippen LogP contribution >= 0.6 is 11.6 Å². The van der Waals surface area contributed by atoms with Crippen molar-refractivity contribution in [3.63, 3.8) is 0 Å². The van der Waals surface area contributed by atoms with E-state index in [-0.39, 0.29) is 0 Å². The largest absolute Gasteiger partial charge is 0.355 e. The minimum Gasteiger partial charge on any atom is -0.355 e. The zero-order chi connectivity index (χ0) is 13.7. The molecule has 1 fully saturated rings. The molecule has 1 aromatic heterocycles. The lowest BCUT2D eigenvalue weighted by molar-refractivity contribution is 0.521. The number of rotatable bonds is 4. The molecular formula is C15H24ClN3. The summed E-state index contributed by atoms with van der Waals surface area (Å²) in [5, 5.41) is 4.08. The number of halogens is 1. The lowest BCUT2D eigenvalue weighted by Gasteiger charge is -2.23. The van der Waals surface area contributed by atoms with Crippen molar-refractivity contribution in [2.45, 2.75) is 39.7 Å². The molecule has 4 heteroatoms. The second-order valence-corrected chi connectivity index (χ2v) is 5.86. The van der Waals surface area contributed by atoms with Gasteiger partial charge in [0, 0.05) is 25.8 Å². The van der Waals surface area contributed by atoms with E-state index in [1.165, 1.54) is 19.3 Å². The van der Waals surface area contributed by atoms with Crippen LogP contribution in [0.25, 0.3) is 0 Å². The number of anilines is 1. The maximum atomic E-state index is 6.40. The molecule has 0 amide bonds. The quantitative estimate of drug-likeness (QED) is 0.916. The number of aromatic nitrogens is 1. The Bertz CT molecular complexity index is 408. The first-order valence-electron chi connectivity index (χ1n) is 7.30. The highest BCUT2D eigenvalue weighted by Crippen LogP contribution is 2.27. The third kappa shape index (κ3) is 4.08. The Hall–Kier alpha value is -0.800. The molecule has 0 saturated carbocycles. The van der Waals surface area contributed by atoms with Gasteiger partial charge in [-0.2, -0.15) is 0 Å². The highest BCUT2D eigenvalue weighted by molar-refractivity contribution is 6.33. The Kier molecular flexibility index (Phi) is 5.46. The van der Waals surface area contributed by atoms with Crippen LogP contribution in [0.5, 0.6) is 0 Å².